The van der Waals surface area contributed by atoms with Gasteiger partial charge in [0.15, 0.2) is 0 Å². The molecular weight excluding hydrogens is 410 g/mol. The maximum absolute atomic E-state index is 6.46. The van der Waals surface area contributed by atoms with Crippen LogP contribution in [0.3, 0.4) is 0 Å². The van der Waals surface area contributed by atoms with Gasteiger partial charge in [-0.15, -0.1) is 0 Å². The molecule has 2 aliphatic carbocycles. The first kappa shape index (κ1) is 22.0. The fourth-order valence-corrected chi connectivity index (χ4v) is 6.18. The number of nitrogens with zero attached hydrogens (tertiary/aromatic N) is 1. The average molecular weight is 446 g/mol. The Kier molecular flexibility index (Phi) is 7.15. The minimum atomic E-state index is 0.824. The van der Waals surface area contributed by atoms with E-state index < -0.39 is 0 Å². The zero-order valence-corrected chi connectivity index (χ0v) is 20.0. The summed E-state index contributed by atoms with van der Waals surface area (Å²) in [7, 11) is 0. The van der Waals surface area contributed by atoms with E-state index in [1.165, 1.54) is 98.8 Å². The molecule has 2 heteroatoms. The number of halogens is 1. The smallest absolute Gasteiger partial charge is 0.0412 e. The molecule has 1 nitrogen and oxygen atoms in total. The molecule has 0 spiro atoms. The van der Waals surface area contributed by atoms with Crippen LogP contribution in [-0.4, -0.2) is 24.5 Å². The van der Waals surface area contributed by atoms with E-state index in [-0.39, 0.29) is 0 Å². The topological polar surface area (TPSA) is 3.24 Å². The second kappa shape index (κ2) is 10.4. The molecule has 0 amide bonds. The molecule has 2 fully saturated rings. The molecule has 0 radical (unpaired) electrons. The number of fused-ring (bicyclic) bond motifs is 2. The molecule has 32 heavy (non-hydrogen) atoms. The lowest BCUT2D eigenvalue weighted by molar-refractivity contribution is 0.244. The highest BCUT2D eigenvalue weighted by molar-refractivity contribution is 6.30. The van der Waals surface area contributed by atoms with E-state index in [4.69, 9.17) is 11.6 Å². The van der Waals surface area contributed by atoms with Crippen molar-refractivity contribution in [1.29, 1.82) is 0 Å². The van der Waals surface area contributed by atoms with Crippen molar-refractivity contribution in [3.8, 4) is 0 Å². The van der Waals surface area contributed by atoms with Crippen LogP contribution in [0.2, 0.25) is 5.02 Å². The van der Waals surface area contributed by atoms with Crippen molar-refractivity contribution in [3.63, 3.8) is 0 Å². The van der Waals surface area contributed by atoms with Crippen LogP contribution in [0.5, 0.6) is 0 Å². The van der Waals surface area contributed by atoms with E-state index in [1.54, 1.807) is 5.57 Å². The van der Waals surface area contributed by atoms with E-state index in [0.29, 0.717) is 0 Å². The molecule has 0 aromatic heterocycles. The highest BCUT2D eigenvalue weighted by Gasteiger charge is 2.23. The summed E-state index contributed by atoms with van der Waals surface area (Å²) in [5, 5.41) is 0.824. The van der Waals surface area contributed by atoms with Crippen LogP contribution in [-0.2, 0) is 0 Å². The number of unbranched alkanes of at least 4 members (excludes halogenated alkanes) is 1. The van der Waals surface area contributed by atoms with E-state index in [0.717, 1.165) is 23.8 Å². The third kappa shape index (κ3) is 5.05. The SMILES string of the molecule is Clc1ccc2c(c1)C(=C1CCN(CCCCC3CCCCC3)CC1)c1ccccc1C=C2. The van der Waals surface area contributed by atoms with Gasteiger partial charge in [0.05, 0.1) is 0 Å². The van der Waals surface area contributed by atoms with Gasteiger partial charge in [-0.05, 0) is 71.7 Å². The van der Waals surface area contributed by atoms with Gasteiger partial charge < -0.3 is 4.90 Å². The number of benzene rings is 2. The lowest BCUT2D eigenvalue weighted by Crippen LogP contribution is -2.32. The summed E-state index contributed by atoms with van der Waals surface area (Å²) in [4.78, 5) is 2.70. The van der Waals surface area contributed by atoms with Crippen LogP contribution < -0.4 is 0 Å². The van der Waals surface area contributed by atoms with Gasteiger partial charge in [-0.3, -0.25) is 0 Å². The molecule has 5 rings (SSSR count). The molecule has 2 aromatic carbocycles. The van der Waals surface area contributed by atoms with Crippen molar-refractivity contribution < 1.29 is 0 Å². The number of piperidine rings is 1. The lowest BCUT2D eigenvalue weighted by atomic mass is 9.85. The Labute approximate surface area is 199 Å². The van der Waals surface area contributed by atoms with Gasteiger partial charge in [-0.1, -0.05) is 105 Å². The van der Waals surface area contributed by atoms with Gasteiger partial charge in [-0.25, -0.2) is 0 Å². The molecule has 2 aromatic rings. The molecular formula is C30H36ClN. The van der Waals surface area contributed by atoms with Gasteiger partial charge >= 0.3 is 0 Å². The molecule has 1 saturated carbocycles. The summed E-state index contributed by atoms with van der Waals surface area (Å²) < 4.78 is 0. The summed E-state index contributed by atoms with van der Waals surface area (Å²) >= 11 is 6.46. The Morgan fingerprint density at radius 1 is 0.812 bits per heavy atom. The minimum absolute atomic E-state index is 0.824. The Hall–Kier alpha value is -1.83. The van der Waals surface area contributed by atoms with Crippen LogP contribution in [0.25, 0.3) is 17.7 Å². The van der Waals surface area contributed by atoms with Crippen molar-refractivity contribution >= 4 is 29.3 Å². The lowest BCUT2D eigenvalue weighted by Gasteiger charge is -2.31. The summed E-state index contributed by atoms with van der Waals surface area (Å²) in [6, 6.07) is 15.2. The van der Waals surface area contributed by atoms with Gasteiger partial charge in [0, 0.05) is 18.1 Å². The van der Waals surface area contributed by atoms with Crippen LogP contribution >= 0.6 is 11.6 Å². The Morgan fingerprint density at radius 3 is 2.38 bits per heavy atom. The van der Waals surface area contributed by atoms with E-state index >= 15 is 0 Å². The standard InChI is InChI=1S/C30H36ClN/c31-27-16-15-25-14-13-24-11-4-5-12-28(24)30(29(25)22-27)26-17-20-32(21-18-26)19-7-6-10-23-8-2-1-3-9-23/h4-5,11-16,22-23H,1-3,6-10,17-21H2. The first-order chi connectivity index (χ1) is 15.8. The first-order valence-electron chi connectivity index (χ1n) is 12.8. The summed E-state index contributed by atoms with van der Waals surface area (Å²) in [6.45, 7) is 3.65. The number of hydrogen-bond donors (Lipinski definition) is 0. The third-order valence-electron chi connectivity index (χ3n) is 7.83. The highest BCUT2D eigenvalue weighted by atomic mass is 35.5. The van der Waals surface area contributed by atoms with Crippen LogP contribution in [0.4, 0.5) is 0 Å². The van der Waals surface area contributed by atoms with Crippen molar-refractivity contribution in [1.82, 2.24) is 4.90 Å². The highest BCUT2D eigenvalue weighted by Crippen LogP contribution is 2.39. The molecule has 168 valence electrons. The van der Waals surface area contributed by atoms with Crippen molar-refractivity contribution in [2.45, 2.75) is 64.2 Å². The van der Waals surface area contributed by atoms with Crippen molar-refractivity contribution in [2.24, 2.45) is 5.92 Å². The second-order valence-electron chi connectivity index (χ2n) is 9.97. The molecule has 0 bridgehead atoms. The fourth-order valence-electron chi connectivity index (χ4n) is 6.01. The van der Waals surface area contributed by atoms with Gasteiger partial charge in [0.1, 0.15) is 0 Å². The Morgan fingerprint density at radius 2 is 1.56 bits per heavy atom. The Bertz CT molecular complexity index is 986. The van der Waals surface area contributed by atoms with E-state index in [1.807, 2.05) is 6.07 Å². The maximum Gasteiger partial charge on any atom is 0.0412 e. The molecule has 1 saturated heterocycles. The fraction of sp³-hybridized carbons (Fsp3) is 0.467. The Balaban J connectivity index is 1.27. The summed E-state index contributed by atoms with van der Waals surface area (Å²) in [5.41, 5.74) is 8.28. The van der Waals surface area contributed by atoms with Gasteiger partial charge in [-0.2, -0.15) is 0 Å². The van der Waals surface area contributed by atoms with E-state index in [2.05, 4.69) is 53.5 Å². The molecule has 3 aliphatic rings. The van der Waals surface area contributed by atoms with Crippen molar-refractivity contribution in [2.75, 3.05) is 19.6 Å². The quantitative estimate of drug-likeness (QED) is 0.356. The van der Waals surface area contributed by atoms with Crippen LogP contribution in [0, 0.1) is 5.92 Å². The normalized spacial score (nSPS) is 19.5. The predicted octanol–water partition coefficient (Wildman–Crippen LogP) is 8.47. The largest absolute Gasteiger partial charge is 0.303 e. The number of hydrogen-bond acceptors (Lipinski definition) is 1. The molecule has 1 aliphatic heterocycles. The summed E-state index contributed by atoms with van der Waals surface area (Å²) in [5.74, 6) is 1.03. The number of likely N-dealkylation sites (tertiary alicyclic amines) is 1. The van der Waals surface area contributed by atoms with Gasteiger partial charge in [0.25, 0.3) is 0 Å². The summed E-state index contributed by atoms with van der Waals surface area (Å²) in [6.07, 6.45) is 18.5. The monoisotopic (exact) mass is 445 g/mol. The van der Waals surface area contributed by atoms with Gasteiger partial charge in [0.2, 0.25) is 0 Å². The third-order valence-corrected chi connectivity index (χ3v) is 8.07. The molecule has 0 atom stereocenters. The zero-order chi connectivity index (χ0) is 21.8. The maximum atomic E-state index is 6.46. The molecule has 1 heterocycles. The van der Waals surface area contributed by atoms with E-state index in [9.17, 15) is 0 Å². The predicted molar refractivity (Wildman–Crippen MR) is 139 cm³/mol. The van der Waals surface area contributed by atoms with Crippen LogP contribution in [0.15, 0.2) is 48.0 Å². The molecule has 0 unspecified atom stereocenters. The first-order valence-corrected chi connectivity index (χ1v) is 13.2. The van der Waals surface area contributed by atoms with Crippen molar-refractivity contribution in [3.05, 3.63) is 75.3 Å². The average Bonchev–Trinajstić information content (AvgIpc) is 2.99. The zero-order valence-electron chi connectivity index (χ0n) is 19.3. The molecule has 0 N–H and O–H groups in total. The second-order valence-corrected chi connectivity index (χ2v) is 10.4. The number of rotatable bonds is 5. The minimum Gasteiger partial charge on any atom is -0.303 e. The van der Waals surface area contributed by atoms with Crippen LogP contribution in [0.1, 0.15) is 86.5 Å².